The second-order valence-electron chi connectivity index (χ2n) is 7.54. The van der Waals surface area contributed by atoms with Gasteiger partial charge in [0.25, 0.3) is 0 Å². The smallest absolute Gasteiger partial charge is 0.136 e. The Balaban J connectivity index is 2.42. The van der Waals surface area contributed by atoms with Crippen molar-refractivity contribution in [3.05, 3.63) is 53.4 Å². The molecule has 0 amide bonds. The molecule has 0 saturated heterocycles. The van der Waals surface area contributed by atoms with Crippen LogP contribution in [0.15, 0.2) is 30.5 Å². The van der Waals surface area contributed by atoms with Crippen LogP contribution < -0.4 is 4.72 Å². The van der Waals surface area contributed by atoms with Gasteiger partial charge in [-0.3, -0.25) is 4.68 Å². The molecule has 0 bridgehead atoms. The van der Waals surface area contributed by atoms with Crippen LogP contribution in [0.25, 0.3) is 0 Å². The van der Waals surface area contributed by atoms with Gasteiger partial charge in [-0.15, -0.1) is 4.72 Å². The number of nitrogens with one attached hydrogen (secondary N) is 1. The number of hydrogen-bond acceptors (Lipinski definition) is 4. The Labute approximate surface area is 155 Å². The fraction of sp³-hybridized carbons (Fsp3) is 0.500. The van der Waals surface area contributed by atoms with Crippen molar-refractivity contribution in [3.8, 4) is 0 Å². The third-order valence-electron chi connectivity index (χ3n) is 4.20. The van der Waals surface area contributed by atoms with Crippen LogP contribution in [0.3, 0.4) is 0 Å². The predicted molar refractivity (Wildman–Crippen MR) is 97.5 cm³/mol. The van der Waals surface area contributed by atoms with Crippen LogP contribution in [0, 0.1) is 11.6 Å². The standard InChI is InChI=1S/C18H25F2N3O2S/c1-17(2,3)26(25)22-18(4,13-7-6-12(19)10-14(13)20)11-16(24)15-8-9-21-23(15)5/h6-10,16,22,24H,11H2,1-5H3/t16-,18?,26?/m1/s1. The molecule has 1 aromatic heterocycles. The summed E-state index contributed by atoms with van der Waals surface area (Å²) in [5.41, 5.74) is -0.514. The first-order valence-corrected chi connectivity index (χ1v) is 9.40. The van der Waals surface area contributed by atoms with E-state index in [9.17, 15) is 18.4 Å². The van der Waals surface area contributed by atoms with E-state index in [0.717, 1.165) is 12.1 Å². The highest BCUT2D eigenvalue weighted by Gasteiger charge is 2.40. The Kier molecular flexibility index (Phi) is 6.12. The number of halogens is 2. The zero-order valence-electron chi connectivity index (χ0n) is 15.6. The van der Waals surface area contributed by atoms with Gasteiger partial charge in [0.15, 0.2) is 0 Å². The van der Waals surface area contributed by atoms with Gasteiger partial charge in [-0.2, -0.15) is 5.10 Å². The fourth-order valence-electron chi connectivity index (χ4n) is 2.70. The van der Waals surface area contributed by atoms with Crippen LogP contribution in [0.1, 0.15) is 51.5 Å². The number of aromatic nitrogens is 2. The number of aryl methyl sites for hydroxylation is 1. The summed E-state index contributed by atoms with van der Waals surface area (Å²) in [6.45, 7) is 7.01. The normalized spacial score (nSPS) is 17.0. The van der Waals surface area contributed by atoms with Gasteiger partial charge in [-0.1, -0.05) is 6.07 Å². The quantitative estimate of drug-likeness (QED) is 0.750. The van der Waals surface area contributed by atoms with E-state index in [1.807, 2.05) is 0 Å². The van der Waals surface area contributed by atoms with Crippen molar-refractivity contribution >= 4 is 11.4 Å². The number of rotatable bonds is 6. The van der Waals surface area contributed by atoms with Gasteiger partial charge in [0.1, 0.15) is 16.4 Å². The summed E-state index contributed by atoms with van der Waals surface area (Å²) in [6.07, 6.45) is 0.591. The highest BCUT2D eigenvalue weighted by molar-refractivity contribution is 7.90. The van der Waals surface area contributed by atoms with Gasteiger partial charge in [-0.25, -0.2) is 8.78 Å². The zero-order chi connectivity index (χ0) is 19.7. The van der Waals surface area contributed by atoms with Crippen molar-refractivity contribution in [1.29, 1.82) is 0 Å². The van der Waals surface area contributed by atoms with Crippen LogP contribution in [0.4, 0.5) is 8.78 Å². The minimum Gasteiger partial charge on any atom is -0.598 e. The van der Waals surface area contributed by atoms with Crippen molar-refractivity contribution in [1.82, 2.24) is 14.5 Å². The second kappa shape index (κ2) is 7.64. The number of nitrogens with zero attached hydrogens (tertiary/aromatic N) is 2. The van der Waals surface area contributed by atoms with Crippen LogP contribution >= 0.6 is 0 Å². The van der Waals surface area contributed by atoms with Gasteiger partial charge < -0.3 is 9.66 Å². The van der Waals surface area contributed by atoms with Gasteiger partial charge >= 0.3 is 0 Å². The second-order valence-corrected chi connectivity index (χ2v) is 9.51. The average molecular weight is 385 g/mol. The van der Waals surface area contributed by atoms with Gasteiger partial charge in [0, 0.05) is 42.7 Å². The lowest BCUT2D eigenvalue weighted by molar-refractivity contribution is 0.122. The topological polar surface area (TPSA) is 73.1 Å². The van der Waals surface area contributed by atoms with Crippen LogP contribution in [-0.4, -0.2) is 24.2 Å². The molecule has 1 aromatic carbocycles. The molecular weight excluding hydrogens is 360 g/mol. The average Bonchev–Trinajstić information content (AvgIpc) is 2.92. The van der Waals surface area contributed by atoms with E-state index in [1.165, 1.54) is 10.7 Å². The molecule has 2 rings (SSSR count). The number of aliphatic hydroxyl groups is 1. The van der Waals surface area contributed by atoms with Crippen LogP contribution in [-0.2, 0) is 23.9 Å². The summed E-state index contributed by atoms with van der Waals surface area (Å²) in [6, 6.07) is 4.90. The summed E-state index contributed by atoms with van der Waals surface area (Å²) in [5, 5.41) is 14.7. The molecule has 144 valence electrons. The first-order valence-electron chi connectivity index (χ1n) is 8.25. The van der Waals surface area contributed by atoms with Crippen molar-refractivity contribution in [3.63, 3.8) is 0 Å². The Morgan fingerprint density at radius 2 is 1.92 bits per heavy atom. The molecule has 0 aliphatic carbocycles. The molecule has 2 N–H and O–H groups in total. The largest absolute Gasteiger partial charge is 0.598 e. The molecule has 0 radical (unpaired) electrons. The third kappa shape index (κ3) is 4.62. The maximum absolute atomic E-state index is 14.5. The number of hydrogen-bond donors (Lipinski definition) is 2. The SMILES string of the molecule is Cn1nccc1[C@H](O)CC(C)(N[S+]([O-])C(C)(C)C)c1ccc(F)cc1F. The molecule has 0 saturated carbocycles. The minimum absolute atomic E-state index is 0.0247. The fourth-order valence-corrected chi connectivity index (χ4v) is 3.61. The van der Waals surface area contributed by atoms with Crippen molar-refractivity contribution in [2.45, 2.75) is 50.5 Å². The lowest BCUT2D eigenvalue weighted by Gasteiger charge is -2.36. The van der Waals surface area contributed by atoms with Crippen molar-refractivity contribution in [2.24, 2.45) is 7.05 Å². The Bertz CT molecular complexity index is 763. The summed E-state index contributed by atoms with van der Waals surface area (Å²) >= 11 is -1.53. The first kappa shape index (κ1) is 20.8. The molecule has 0 spiro atoms. The molecule has 2 unspecified atom stereocenters. The Hall–Kier alpha value is -1.48. The molecule has 1 heterocycles. The molecule has 0 fully saturated rings. The van der Waals surface area contributed by atoms with Gasteiger partial charge in [0.2, 0.25) is 0 Å². The maximum Gasteiger partial charge on any atom is 0.136 e. The molecule has 5 nitrogen and oxygen atoms in total. The maximum atomic E-state index is 14.5. The monoisotopic (exact) mass is 385 g/mol. The molecule has 8 heteroatoms. The Morgan fingerprint density at radius 3 is 2.42 bits per heavy atom. The minimum atomic E-state index is -1.53. The molecular formula is C18H25F2N3O2S. The van der Waals surface area contributed by atoms with E-state index in [-0.39, 0.29) is 12.0 Å². The molecule has 26 heavy (non-hydrogen) atoms. The summed E-state index contributed by atoms with van der Waals surface area (Å²) < 4.78 is 44.4. The van der Waals surface area contributed by atoms with Gasteiger partial charge in [-0.05, 0) is 39.8 Å². The summed E-state index contributed by atoms with van der Waals surface area (Å²) in [7, 11) is 1.69. The van der Waals surface area contributed by atoms with E-state index in [2.05, 4.69) is 9.82 Å². The predicted octanol–water partition coefficient (Wildman–Crippen LogP) is 3.09. The molecule has 2 aromatic rings. The lowest BCUT2D eigenvalue weighted by Crippen LogP contribution is -2.51. The summed E-state index contributed by atoms with van der Waals surface area (Å²) in [5.74, 6) is -1.46. The lowest BCUT2D eigenvalue weighted by atomic mass is 9.86. The number of benzene rings is 1. The van der Waals surface area contributed by atoms with E-state index in [1.54, 1.807) is 47.0 Å². The van der Waals surface area contributed by atoms with Crippen LogP contribution in [0.5, 0.6) is 0 Å². The van der Waals surface area contributed by atoms with Crippen LogP contribution in [0.2, 0.25) is 0 Å². The van der Waals surface area contributed by atoms with E-state index in [4.69, 9.17) is 0 Å². The summed E-state index contributed by atoms with van der Waals surface area (Å²) in [4.78, 5) is 0. The third-order valence-corrected chi connectivity index (χ3v) is 5.95. The van der Waals surface area contributed by atoms with Crippen molar-refractivity contribution in [2.75, 3.05) is 0 Å². The highest BCUT2D eigenvalue weighted by atomic mass is 32.2. The molecule has 0 aliphatic heterocycles. The van der Waals surface area contributed by atoms with E-state index < -0.39 is 39.4 Å². The number of aliphatic hydroxyl groups excluding tert-OH is 1. The Morgan fingerprint density at radius 1 is 1.27 bits per heavy atom. The van der Waals surface area contributed by atoms with Gasteiger partial charge in [0.05, 0.1) is 17.3 Å². The van der Waals surface area contributed by atoms with E-state index >= 15 is 0 Å². The van der Waals surface area contributed by atoms with Crippen molar-refractivity contribution < 1.29 is 18.4 Å². The zero-order valence-corrected chi connectivity index (χ0v) is 16.4. The first-order chi connectivity index (χ1) is 11.9. The highest BCUT2D eigenvalue weighted by Crippen LogP contribution is 2.35. The molecule has 3 atom stereocenters. The molecule has 0 aliphatic rings. The van der Waals surface area contributed by atoms with E-state index in [0.29, 0.717) is 5.69 Å².